The highest BCUT2D eigenvalue weighted by molar-refractivity contribution is 7.88. The zero-order valence-electron chi connectivity index (χ0n) is 14.9. The first-order valence-corrected chi connectivity index (χ1v) is 10.1. The number of benzene rings is 1. The number of nitrogens with one attached hydrogen (secondary N) is 1. The first-order chi connectivity index (χ1) is 13.3. The Labute approximate surface area is 159 Å². The van der Waals surface area contributed by atoms with Crippen molar-refractivity contribution in [2.24, 2.45) is 5.14 Å². The fourth-order valence-corrected chi connectivity index (χ4v) is 3.79. The molecule has 0 fully saturated rings. The molecule has 0 radical (unpaired) electrons. The van der Waals surface area contributed by atoms with Crippen LogP contribution in [0, 0.1) is 0 Å². The van der Waals surface area contributed by atoms with E-state index in [2.05, 4.69) is 15.0 Å². The van der Waals surface area contributed by atoms with E-state index in [0.717, 1.165) is 10.9 Å². The Bertz CT molecular complexity index is 1340. The Morgan fingerprint density at radius 2 is 1.86 bits per heavy atom. The topological polar surface area (TPSA) is 133 Å². The van der Waals surface area contributed by atoms with Gasteiger partial charge in [-0.1, -0.05) is 24.3 Å². The number of hydrogen-bond acceptors (Lipinski definition) is 6. The lowest BCUT2D eigenvalue weighted by atomic mass is 10.1. The highest BCUT2D eigenvalue weighted by Crippen LogP contribution is 2.23. The average molecular weight is 399 g/mol. The predicted molar refractivity (Wildman–Crippen MR) is 105 cm³/mol. The molecule has 0 saturated carbocycles. The molecule has 4 aromatic rings. The number of nitrogens with zero attached hydrogens (tertiary/aromatic N) is 3. The molecule has 9 nitrogen and oxygen atoms in total. The number of imidazole rings is 1. The zero-order chi connectivity index (χ0) is 19.9. The maximum absolute atomic E-state index is 12.5. The lowest BCUT2D eigenvalue weighted by molar-refractivity contribution is 0.399. The molecule has 0 bridgehead atoms. The van der Waals surface area contributed by atoms with E-state index in [9.17, 15) is 13.2 Å². The number of methoxy groups -OCH3 is 1. The van der Waals surface area contributed by atoms with Gasteiger partial charge in [0.1, 0.15) is 0 Å². The van der Waals surface area contributed by atoms with E-state index < -0.39 is 10.0 Å². The number of aromatic nitrogens is 4. The van der Waals surface area contributed by atoms with Crippen molar-refractivity contribution in [3.63, 3.8) is 0 Å². The van der Waals surface area contributed by atoms with Crippen molar-refractivity contribution < 1.29 is 13.2 Å². The monoisotopic (exact) mass is 399 g/mol. The van der Waals surface area contributed by atoms with Gasteiger partial charge in [0, 0.05) is 11.5 Å². The SMILES string of the molecule is COc1ccc2c(ncc3[nH]c(=O)n(Cc4ccc(CS(N)(=O)=O)cc4)c32)n1. The molecule has 0 amide bonds. The van der Waals surface area contributed by atoms with E-state index in [1.807, 2.05) is 6.07 Å². The largest absolute Gasteiger partial charge is 0.481 e. The normalized spacial score (nSPS) is 11.9. The van der Waals surface area contributed by atoms with Gasteiger partial charge < -0.3 is 9.72 Å². The Hall–Kier alpha value is -3.24. The van der Waals surface area contributed by atoms with Crippen LogP contribution in [0.3, 0.4) is 0 Å². The third-order valence-electron chi connectivity index (χ3n) is 4.37. The smallest absolute Gasteiger partial charge is 0.326 e. The second-order valence-corrected chi connectivity index (χ2v) is 8.00. The number of pyridine rings is 2. The second kappa shape index (κ2) is 6.73. The van der Waals surface area contributed by atoms with Gasteiger partial charge in [-0.25, -0.2) is 23.3 Å². The molecule has 0 aliphatic heterocycles. The van der Waals surface area contributed by atoms with Crippen LogP contribution in [0.2, 0.25) is 0 Å². The summed E-state index contributed by atoms with van der Waals surface area (Å²) in [6.45, 7) is 0.305. The Balaban J connectivity index is 1.77. The van der Waals surface area contributed by atoms with E-state index >= 15 is 0 Å². The van der Waals surface area contributed by atoms with Crippen LogP contribution in [0.25, 0.3) is 22.1 Å². The molecule has 4 rings (SSSR count). The first-order valence-electron chi connectivity index (χ1n) is 8.34. The Morgan fingerprint density at radius 3 is 2.54 bits per heavy atom. The summed E-state index contributed by atoms with van der Waals surface area (Å²) < 4.78 is 29.2. The van der Waals surface area contributed by atoms with E-state index in [1.165, 1.54) is 7.11 Å². The standard InChI is InChI=1S/C18H17N5O4S/c1-27-15-7-6-13-16-14(8-20-17(13)22-15)21-18(24)23(16)9-11-2-4-12(5-3-11)10-28(19,25)26/h2-8H,9-10H2,1H3,(H,21,24)(H2,19,25,26). The molecule has 0 spiro atoms. The number of aromatic amines is 1. The minimum Gasteiger partial charge on any atom is -0.481 e. The van der Waals surface area contributed by atoms with E-state index in [0.29, 0.717) is 34.7 Å². The molecule has 3 N–H and O–H groups in total. The summed E-state index contributed by atoms with van der Waals surface area (Å²) in [6, 6.07) is 10.5. The second-order valence-electron chi connectivity index (χ2n) is 6.39. The van der Waals surface area contributed by atoms with Crippen LogP contribution in [0.15, 0.2) is 47.4 Å². The van der Waals surface area contributed by atoms with Gasteiger partial charge >= 0.3 is 5.69 Å². The molecule has 0 unspecified atom stereocenters. The van der Waals surface area contributed by atoms with Crippen molar-refractivity contribution >= 4 is 32.1 Å². The summed E-state index contributed by atoms with van der Waals surface area (Å²) >= 11 is 0. The number of H-pyrrole nitrogens is 1. The number of fused-ring (bicyclic) bond motifs is 3. The summed E-state index contributed by atoms with van der Waals surface area (Å²) in [6.07, 6.45) is 1.57. The average Bonchev–Trinajstić information content (AvgIpc) is 2.97. The van der Waals surface area contributed by atoms with Gasteiger partial charge in [-0.3, -0.25) is 4.57 Å². The minimum absolute atomic E-state index is 0.232. The zero-order valence-corrected chi connectivity index (χ0v) is 15.7. The van der Waals surface area contributed by atoms with Crippen LogP contribution in [0.4, 0.5) is 0 Å². The van der Waals surface area contributed by atoms with Crippen molar-refractivity contribution in [2.45, 2.75) is 12.3 Å². The highest BCUT2D eigenvalue weighted by atomic mass is 32.2. The quantitative estimate of drug-likeness (QED) is 0.517. The highest BCUT2D eigenvalue weighted by Gasteiger charge is 2.13. The third kappa shape index (κ3) is 3.47. The van der Waals surface area contributed by atoms with Crippen LogP contribution >= 0.6 is 0 Å². The maximum atomic E-state index is 12.5. The molecule has 3 heterocycles. The Kier molecular flexibility index (Phi) is 4.36. The lowest BCUT2D eigenvalue weighted by Gasteiger charge is -2.07. The van der Waals surface area contributed by atoms with Gasteiger partial charge in [-0.2, -0.15) is 4.98 Å². The van der Waals surface area contributed by atoms with E-state index in [4.69, 9.17) is 9.88 Å². The van der Waals surface area contributed by atoms with Crippen LogP contribution in [-0.2, 0) is 22.3 Å². The van der Waals surface area contributed by atoms with Gasteiger partial charge in [0.25, 0.3) is 0 Å². The van der Waals surface area contributed by atoms with Gasteiger partial charge in [0.05, 0.1) is 36.6 Å². The van der Waals surface area contributed by atoms with Crippen molar-refractivity contribution in [2.75, 3.05) is 7.11 Å². The Morgan fingerprint density at radius 1 is 1.14 bits per heavy atom. The van der Waals surface area contributed by atoms with Gasteiger partial charge in [0.2, 0.25) is 15.9 Å². The summed E-state index contributed by atoms with van der Waals surface area (Å²) in [4.78, 5) is 23.9. The molecule has 144 valence electrons. The molecule has 3 aromatic heterocycles. The maximum Gasteiger partial charge on any atom is 0.326 e. The first kappa shape index (κ1) is 18.1. The van der Waals surface area contributed by atoms with Crippen LogP contribution in [-0.4, -0.2) is 35.0 Å². The third-order valence-corrected chi connectivity index (χ3v) is 5.11. The van der Waals surface area contributed by atoms with Crippen molar-refractivity contribution in [1.82, 2.24) is 19.5 Å². The van der Waals surface area contributed by atoms with Crippen LogP contribution < -0.4 is 15.6 Å². The lowest BCUT2D eigenvalue weighted by Crippen LogP contribution is -2.17. The van der Waals surface area contributed by atoms with E-state index in [1.54, 1.807) is 41.1 Å². The van der Waals surface area contributed by atoms with Gasteiger partial charge in [0.15, 0.2) is 5.65 Å². The molecule has 10 heteroatoms. The number of sulfonamides is 1. The number of rotatable bonds is 5. The molecular weight excluding hydrogens is 382 g/mol. The molecule has 1 aromatic carbocycles. The predicted octanol–water partition coefficient (Wildman–Crippen LogP) is 1.12. The summed E-state index contributed by atoms with van der Waals surface area (Å²) in [7, 11) is -2.06. The number of hydrogen-bond donors (Lipinski definition) is 2. The summed E-state index contributed by atoms with van der Waals surface area (Å²) in [5, 5.41) is 5.80. The van der Waals surface area contributed by atoms with Crippen LogP contribution in [0.1, 0.15) is 11.1 Å². The number of primary sulfonamides is 1. The summed E-state index contributed by atoms with van der Waals surface area (Å²) in [5.74, 6) is 0.207. The van der Waals surface area contributed by atoms with Crippen LogP contribution in [0.5, 0.6) is 5.88 Å². The van der Waals surface area contributed by atoms with Crippen molar-refractivity contribution in [1.29, 1.82) is 0 Å². The molecule has 0 saturated heterocycles. The molecule has 0 aliphatic carbocycles. The fraction of sp³-hybridized carbons (Fsp3) is 0.167. The molecule has 0 aliphatic rings. The van der Waals surface area contributed by atoms with Gasteiger partial charge in [-0.15, -0.1) is 0 Å². The molecule has 28 heavy (non-hydrogen) atoms. The van der Waals surface area contributed by atoms with E-state index in [-0.39, 0.29) is 11.4 Å². The number of nitrogens with two attached hydrogens (primary N) is 1. The van der Waals surface area contributed by atoms with Crippen molar-refractivity contribution in [3.05, 3.63) is 64.2 Å². The molecule has 0 atom stereocenters. The van der Waals surface area contributed by atoms with Gasteiger partial charge in [-0.05, 0) is 17.2 Å². The summed E-state index contributed by atoms with van der Waals surface area (Å²) in [5.41, 5.74) is 2.93. The molecular formula is C18H17N5O4S. The van der Waals surface area contributed by atoms with Crippen molar-refractivity contribution in [3.8, 4) is 5.88 Å². The minimum atomic E-state index is -3.59. The fourth-order valence-electron chi connectivity index (χ4n) is 3.13. The number of ether oxygens (including phenoxy) is 1.